The lowest BCUT2D eigenvalue weighted by Gasteiger charge is -2.11. The van der Waals surface area contributed by atoms with Gasteiger partial charge in [0, 0.05) is 35.2 Å². The van der Waals surface area contributed by atoms with Crippen LogP contribution in [0, 0.1) is 12.8 Å². The Morgan fingerprint density at radius 1 is 1.45 bits per heavy atom. The number of carbonyl (C=O) groups is 1. The lowest BCUT2D eigenvalue weighted by molar-refractivity contribution is -0.124. The Bertz CT molecular complexity index is 533. The second-order valence-corrected chi connectivity index (χ2v) is 6.38. The Labute approximate surface area is 127 Å². The van der Waals surface area contributed by atoms with Crippen molar-refractivity contribution < 1.29 is 4.79 Å². The standard InChI is InChI=1S/C15H21BrN2O2/c1-11-9-13(16)10-18(15(11)20)8-4-7-17-14(19)12-5-2-3-6-12/h9-10,12H,2-8H2,1H3,(H,17,19). The van der Waals surface area contributed by atoms with Gasteiger partial charge in [-0.3, -0.25) is 9.59 Å². The summed E-state index contributed by atoms with van der Waals surface area (Å²) in [5.41, 5.74) is 0.768. The molecule has 110 valence electrons. The fraction of sp³-hybridized carbons (Fsp3) is 0.600. The summed E-state index contributed by atoms with van der Waals surface area (Å²) in [7, 11) is 0. The van der Waals surface area contributed by atoms with E-state index in [4.69, 9.17) is 0 Å². The van der Waals surface area contributed by atoms with Crippen molar-refractivity contribution in [2.75, 3.05) is 6.54 Å². The molecule has 0 aromatic carbocycles. The van der Waals surface area contributed by atoms with Crippen LogP contribution >= 0.6 is 15.9 Å². The molecule has 0 saturated heterocycles. The summed E-state index contributed by atoms with van der Waals surface area (Å²) in [6.45, 7) is 3.07. The predicted octanol–water partition coefficient (Wildman–Crippen LogP) is 2.62. The van der Waals surface area contributed by atoms with Gasteiger partial charge in [0.25, 0.3) is 5.56 Å². The summed E-state index contributed by atoms with van der Waals surface area (Å²) in [6, 6.07) is 1.82. The van der Waals surface area contributed by atoms with Crippen molar-refractivity contribution in [3.63, 3.8) is 0 Å². The van der Waals surface area contributed by atoms with Crippen LogP contribution in [0.15, 0.2) is 21.5 Å². The lowest BCUT2D eigenvalue weighted by atomic mass is 10.1. The Morgan fingerprint density at radius 2 is 2.15 bits per heavy atom. The first-order valence-electron chi connectivity index (χ1n) is 7.22. The molecule has 1 saturated carbocycles. The van der Waals surface area contributed by atoms with Crippen molar-refractivity contribution in [3.8, 4) is 0 Å². The van der Waals surface area contributed by atoms with Crippen molar-refractivity contribution in [2.24, 2.45) is 5.92 Å². The predicted molar refractivity (Wildman–Crippen MR) is 82.7 cm³/mol. The number of carbonyl (C=O) groups excluding carboxylic acids is 1. The molecular formula is C15H21BrN2O2. The summed E-state index contributed by atoms with van der Waals surface area (Å²) in [4.78, 5) is 23.8. The molecule has 1 aliphatic rings. The Balaban J connectivity index is 1.78. The van der Waals surface area contributed by atoms with Crippen LogP contribution in [0.2, 0.25) is 0 Å². The zero-order valence-corrected chi connectivity index (χ0v) is 13.4. The van der Waals surface area contributed by atoms with Crippen LogP contribution in [0.4, 0.5) is 0 Å². The molecule has 20 heavy (non-hydrogen) atoms. The molecule has 0 spiro atoms. The Hall–Kier alpha value is -1.10. The highest BCUT2D eigenvalue weighted by molar-refractivity contribution is 9.10. The van der Waals surface area contributed by atoms with Gasteiger partial charge in [0.1, 0.15) is 0 Å². The molecular weight excluding hydrogens is 320 g/mol. The van der Waals surface area contributed by atoms with Crippen LogP contribution in [0.5, 0.6) is 0 Å². The molecule has 1 amide bonds. The zero-order valence-electron chi connectivity index (χ0n) is 11.8. The van der Waals surface area contributed by atoms with Crippen molar-refractivity contribution in [2.45, 2.75) is 45.6 Å². The highest BCUT2D eigenvalue weighted by Crippen LogP contribution is 2.24. The highest BCUT2D eigenvalue weighted by Gasteiger charge is 2.21. The molecule has 0 radical (unpaired) electrons. The smallest absolute Gasteiger partial charge is 0.253 e. The number of amides is 1. The van der Waals surface area contributed by atoms with Crippen molar-refractivity contribution in [3.05, 3.63) is 32.7 Å². The van der Waals surface area contributed by atoms with Crippen molar-refractivity contribution in [1.29, 1.82) is 0 Å². The number of nitrogens with one attached hydrogen (secondary N) is 1. The van der Waals surface area contributed by atoms with Gasteiger partial charge >= 0.3 is 0 Å². The molecule has 1 N–H and O–H groups in total. The number of nitrogens with zero attached hydrogens (tertiary/aromatic N) is 1. The molecule has 1 heterocycles. The van der Waals surface area contributed by atoms with Crippen molar-refractivity contribution >= 4 is 21.8 Å². The van der Waals surface area contributed by atoms with E-state index in [9.17, 15) is 9.59 Å². The first kappa shape index (κ1) is 15.3. The average molecular weight is 341 g/mol. The van der Waals surface area contributed by atoms with Gasteiger partial charge in [0.05, 0.1) is 0 Å². The van der Waals surface area contributed by atoms with Gasteiger partial charge in [-0.05, 0) is 48.2 Å². The van der Waals surface area contributed by atoms with Crippen LogP contribution in [-0.2, 0) is 11.3 Å². The molecule has 0 atom stereocenters. The van der Waals surface area contributed by atoms with Crippen LogP contribution < -0.4 is 10.9 Å². The van der Waals surface area contributed by atoms with Gasteiger partial charge in [-0.15, -0.1) is 0 Å². The SMILES string of the molecule is Cc1cc(Br)cn(CCCNC(=O)C2CCCC2)c1=O. The number of hydrogen-bond acceptors (Lipinski definition) is 2. The number of hydrogen-bond donors (Lipinski definition) is 1. The van der Waals surface area contributed by atoms with Crippen LogP contribution in [0.3, 0.4) is 0 Å². The average Bonchev–Trinajstić information content (AvgIpc) is 2.93. The molecule has 1 aliphatic carbocycles. The van der Waals surface area contributed by atoms with Crippen LogP contribution in [-0.4, -0.2) is 17.0 Å². The maximum atomic E-state index is 11.9. The molecule has 0 bridgehead atoms. The maximum absolute atomic E-state index is 11.9. The highest BCUT2D eigenvalue weighted by atomic mass is 79.9. The summed E-state index contributed by atoms with van der Waals surface area (Å²) in [5.74, 6) is 0.395. The summed E-state index contributed by atoms with van der Waals surface area (Å²) >= 11 is 3.39. The minimum Gasteiger partial charge on any atom is -0.356 e. The van der Waals surface area contributed by atoms with Gasteiger partial charge in [-0.1, -0.05) is 12.8 Å². The first-order valence-corrected chi connectivity index (χ1v) is 8.01. The molecule has 1 fully saturated rings. The zero-order chi connectivity index (χ0) is 14.5. The van der Waals surface area contributed by atoms with E-state index >= 15 is 0 Å². The number of aromatic nitrogens is 1. The Kier molecular flexibility index (Phi) is 5.40. The van der Waals surface area contributed by atoms with E-state index in [1.807, 2.05) is 13.0 Å². The number of aryl methyl sites for hydroxylation is 2. The fourth-order valence-electron chi connectivity index (χ4n) is 2.70. The topological polar surface area (TPSA) is 51.1 Å². The van der Waals surface area contributed by atoms with E-state index in [0.717, 1.165) is 29.3 Å². The third-order valence-electron chi connectivity index (χ3n) is 3.83. The van der Waals surface area contributed by atoms with E-state index in [0.29, 0.717) is 13.1 Å². The molecule has 0 aliphatic heterocycles. The monoisotopic (exact) mass is 340 g/mol. The molecule has 5 heteroatoms. The molecule has 4 nitrogen and oxygen atoms in total. The summed E-state index contributed by atoms with van der Waals surface area (Å²) in [6.07, 6.45) is 6.96. The van der Waals surface area contributed by atoms with Crippen LogP contribution in [0.25, 0.3) is 0 Å². The summed E-state index contributed by atoms with van der Waals surface area (Å²) in [5, 5.41) is 2.98. The second-order valence-electron chi connectivity index (χ2n) is 5.47. The maximum Gasteiger partial charge on any atom is 0.253 e. The van der Waals surface area contributed by atoms with E-state index in [-0.39, 0.29) is 17.4 Å². The molecule has 0 unspecified atom stereocenters. The van der Waals surface area contributed by atoms with Crippen LogP contribution in [0.1, 0.15) is 37.7 Å². The van der Waals surface area contributed by atoms with Gasteiger partial charge in [0.15, 0.2) is 0 Å². The first-order chi connectivity index (χ1) is 9.58. The van der Waals surface area contributed by atoms with E-state index in [1.165, 1.54) is 12.8 Å². The van der Waals surface area contributed by atoms with E-state index in [2.05, 4.69) is 21.2 Å². The lowest BCUT2D eigenvalue weighted by Crippen LogP contribution is -2.31. The van der Waals surface area contributed by atoms with Gasteiger partial charge in [-0.25, -0.2) is 0 Å². The largest absolute Gasteiger partial charge is 0.356 e. The van der Waals surface area contributed by atoms with E-state index < -0.39 is 0 Å². The van der Waals surface area contributed by atoms with Crippen molar-refractivity contribution in [1.82, 2.24) is 9.88 Å². The Morgan fingerprint density at radius 3 is 2.85 bits per heavy atom. The fourth-order valence-corrected chi connectivity index (χ4v) is 3.29. The second kappa shape index (κ2) is 7.07. The molecule has 2 rings (SSSR count). The number of halogens is 1. The molecule has 1 aromatic heterocycles. The third-order valence-corrected chi connectivity index (χ3v) is 4.27. The van der Waals surface area contributed by atoms with Gasteiger partial charge < -0.3 is 9.88 Å². The number of pyridine rings is 1. The van der Waals surface area contributed by atoms with E-state index in [1.54, 1.807) is 10.8 Å². The quantitative estimate of drug-likeness (QED) is 0.837. The minimum absolute atomic E-state index is 0.0373. The third kappa shape index (κ3) is 3.95. The summed E-state index contributed by atoms with van der Waals surface area (Å²) < 4.78 is 2.60. The van der Waals surface area contributed by atoms with Gasteiger partial charge in [0.2, 0.25) is 5.91 Å². The minimum atomic E-state index is 0.0373. The normalized spacial score (nSPS) is 15.5. The number of rotatable bonds is 5. The molecule has 1 aromatic rings. The van der Waals surface area contributed by atoms with Gasteiger partial charge in [-0.2, -0.15) is 0 Å².